The Bertz CT molecular complexity index is 1180. The quantitative estimate of drug-likeness (QED) is 0.409. The van der Waals surface area contributed by atoms with Crippen LogP contribution >= 0.6 is 0 Å². The number of fused-ring (bicyclic) bond motifs is 1. The van der Waals surface area contributed by atoms with Crippen molar-refractivity contribution in [2.75, 3.05) is 5.32 Å². The lowest BCUT2D eigenvalue weighted by atomic mass is 10.2. The fourth-order valence-electron chi connectivity index (χ4n) is 2.68. The molecule has 0 radical (unpaired) electrons. The molecule has 0 fully saturated rings. The second-order valence-corrected chi connectivity index (χ2v) is 5.86. The highest BCUT2D eigenvalue weighted by Gasteiger charge is 2.26. The van der Waals surface area contributed by atoms with Crippen molar-refractivity contribution in [2.45, 2.75) is 6.92 Å². The number of rotatable bonds is 5. The maximum Gasteiger partial charge on any atom is 0.373 e. The lowest BCUT2D eigenvalue weighted by Gasteiger charge is -2.11. The van der Waals surface area contributed by atoms with E-state index in [1.165, 1.54) is 6.33 Å². The fraction of sp³-hybridized carbons (Fsp3) is 0.0526. The largest absolute Gasteiger partial charge is 0.431 e. The number of pyridine rings is 2. The maximum absolute atomic E-state index is 11.7. The minimum atomic E-state index is -0.589. The molecule has 3 heterocycles. The summed E-state index contributed by atoms with van der Waals surface area (Å²) in [5.74, 6) is 0.626. The van der Waals surface area contributed by atoms with Crippen LogP contribution in [0.4, 0.5) is 17.3 Å². The SMILES string of the molecule is Cc1cccnc1Nc1ncnc(Oc2cccc3cccnc23)c1[N+](=O)[O-]. The predicted octanol–water partition coefficient (Wildman–Crippen LogP) is 4.17. The number of hydrogen-bond donors (Lipinski definition) is 1. The highest BCUT2D eigenvalue weighted by Crippen LogP contribution is 2.37. The van der Waals surface area contributed by atoms with Gasteiger partial charge in [0, 0.05) is 17.8 Å². The van der Waals surface area contributed by atoms with E-state index in [0.717, 1.165) is 10.9 Å². The number of aryl methyl sites for hydroxylation is 1. The van der Waals surface area contributed by atoms with Crippen LogP contribution in [0.2, 0.25) is 0 Å². The number of aromatic nitrogens is 4. The first-order valence-corrected chi connectivity index (χ1v) is 8.33. The number of nitrogens with one attached hydrogen (secondary N) is 1. The molecule has 0 saturated carbocycles. The van der Waals surface area contributed by atoms with E-state index >= 15 is 0 Å². The minimum absolute atomic E-state index is 0.00926. The molecule has 0 atom stereocenters. The summed E-state index contributed by atoms with van der Waals surface area (Å²) in [6, 6.07) is 12.6. The van der Waals surface area contributed by atoms with Crippen LogP contribution in [-0.2, 0) is 0 Å². The molecule has 9 nitrogen and oxygen atoms in total. The summed E-state index contributed by atoms with van der Waals surface area (Å²) in [5, 5.41) is 15.5. The van der Waals surface area contributed by atoms with Gasteiger partial charge < -0.3 is 10.1 Å². The van der Waals surface area contributed by atoms with E-state index in [1.54, 1.807) is 36.7 Å². The van der Waals surface area contributed by atoms with Gasteiger partial charge in [0.15, 0.2) is 5.75 Å². The average Bonchev–Trinajstić information content (AvgIpc) is 2.70. The van der Waals surface area contributed by atoms with Crippen molar-refractivity contribution in [1.29, 1.82) is 0 Å². The molecule has 0 bridgehead atoms. The van der Waals surface area contributed by atoms with Crippen molar-refractivity contribution < 1.29 is 9.66 Å². The summed E-state index contributed by atoms with van der Waals surface area (Å²) >= 11 is 0. The summed E-state index contributed by atoms with van der Waals surface area (Å²) < 4.78 is 5.78. The third-order valence-electron chi connectivity index (χ3n) is 4.02. The predicted molar refractivity (Wildman–Crippen MR) is 103 cm³/mol. The van der Waals surface area contributed by atoms with E-state index in [2.05, 4.69) is 25.3 Å². The number of hydrogen-bond acceptors (Lipinski definition) is 8. The van der Waals surface area contributed by atoms with Crippen LogP contribution in [0.3, 0.4) is 0 Å². The first-order chi connectivity index (χ1) is 13.6. The van der Waals surface area contributed by atoms with Gasteiger partial charge in [0.1, 0.15) is 17.7 Å². The number of nitro groups is 1. The summed E-state index contributed by atoms with van der Waals surface area (Å²) in [6.45, 7) is 1.83. The molecule has 0 saturated heterocycles. The normalized spacial score (nSPS) is 10.6. The molecule has 0 aliphatic carbocycles. The molecule has 0 spiro atoms. The van der Waals surface area contributed by atoms with Crippen LogP contribution in [0.5, 0.6) is 11.6 Å². The summed E-state index contributed by atoms with van der Waals surface area (Å²) in [7, 11) is 0. The van der Waals surface area contributed by atoms with Crippen LogP contribution in [0, 0.1) is 17.0 Å². The molecule has 1 aromatic carbocycles. The second-order valence-electron chi connectivity index (χ2n) is 5.86. The number of anilines is 2. The summed E-state index contributed by atoms with van der Waals surface area (Å²) in [4.78, 5) is 27.6. The third kappa shape index (κ3) is 3.28. The van der Waals surface area contributed by atoms with Crippen LogP contribution in [0.1, 0.15) is 5.56 Å². The van der Waals surface area contributed by atoms with E-state index in [0.29, 0.717) is 17.1 Å². The van der Waals surface area contributed by atoms with Crippen molar-refractivity contribution in [1.82, 2.24) is 19.9 Å². The van der Waals surface area contributed by atoms with Gasteiger partial charge in [0.25, 0.3) is 0 Å². The highest BCUT2D eigenvalue weighted by molar-refractivity contribution is 5.84. The number of para-hydroxylation sites is 1. The lowest BCUT2D eigenvalue weighted by Crippen LogP contribution is -2.05. The number of benzene rings is 1. The van der Waals surface area contributed by atoms with Gasteiger partial charge in [-0.2, -0.15) is 4.98 Å². The van der Waals surface area contributed by atoms with Gasteiger partial charge in [-0.15, -0.1) is 0 Å². The zero-order chi connectivity index (χ0) is 19.5. The summed E-state index contributed by atoms with van der Waals surface area (Å²) in [6.07, 6.45) is 4.41. The van der Waals surface area contributed by atoms with Gasteiger partial charge in [0.05, 0.1) is 4.92 Å². The Hall–Kier alpha value is -4.14. The van der Waals surface area contributed by atoms with Crippen molar-refractivity contribution in [3.63, 3.8) is 0 Å². The first kappa shape index (κ1) is 17.3. The molecule has 28 heavy (non-hydrogen) atoms. The Morgan fingerprint density at radius 2 is 1.75 bits per heavy atom. The van der Waals surface area contributed by atoms with Crippen molar-refractivity contribution in [3.05, 3.63) is 76.9 Å². The summed E-state index contributed by atoms with van der Waals surface area (Å²) in [5.41, 5.74) is 1.00. The van der Waals surface area contributed by atoms with Gasteiger partial charge in [-0.25, -0.2) is 9.97 Å². The molecular weight excluding hydrogens is 360 g/mol. The molecule has 4 rings (SSSR count). The maximum atomic E-state index is 11.7. The van der Waals surface area contributed by atoms with Crippen LogP contribution in [0.25, 0.3) is 10.9 Å². The Morgan fingerprint density at radius 3 is 2.57 bits per heavy atom. The van der Waals surface area contributed by atoms with Crippen molar-refractivity contribution in [2.24, 2.45) is 0 Å². The van der Waals surface area contributed by atoms with Crippen molar-refractivity contribution >= 4 is 28.2 Å². The monoisotopic (exact) mass is 374 g/mol. The molecular formula is C19H14N6O3. The number of nitrogens with zero attached hydrogens (tertiary/aromatic N) is 5. The van der Waals surface area contributed by atoms with Gasteiger partial charge in [-0.3, -0.25) is 15.1 Å². The topological polar surface area (TPSA) is 116 Å². The zero-order valence-electron chi connectivity index (χ0n) is 14.7. The van der Waals surface area contributed by atoms with Crippen molar-refractivity contribution in [3.8, 4) is 11.6 Å². The van der Waals surface area contributed by atoms with Gasteiger partial charge in [-0.1, -0.05) is 24.3 Å². The smallest absolute Gasteiger partial charge is 0.373 e. The van der Waals surface area contributed by atoms with E-state index in [9.17, 15) is 10.1 Å². The second kappa shape index (κ2) is 7.23. The fourth-order valence-corrected chi connectivity index (χ4v) is 2.68. The molecule has 0 aliphatic heterocycles. The van der Waals surface area contributed by atoms with E-state index in [-0.39, 0.29) is 17.4 Å². The molecule has 4 aromatic rings. The lowest BCUT2D eigenvalue weighted by molar-refractivity contribution is -0.385. The molecule has 138 valence electrons. The van der Waals surface area contributed by atoms with Crippen LogP contribution < -0.4 is 10.1 Å². The standard InChI is InChI=1S/C19H14N6O3/c1-12-5-3-10-21-17(12)24-18-16(25(26)27)19(23-11-22-18)28-14-8-2-6-13-7-4-9-20-15(13)14/h2-11H,1H3,(H,21,22,23,24). The molecule has 9 heteroatoms. The van der Waals surface area contributed by atoms with Gasteiger partial charge in [-0.05, 0) is 30.7 Å². The molecule has 0 unspecified atom stereocenters. The Morgan fingerprint density at radius 1 is 0.964 bits per heavy atom. The highest BCUT2D eigenvalue weighted by atomic mass is 16.6. The molecule has 1 N–H and O–H groups in total. The van der Waals surface area contributed by atoms with Crippen LogP contribution in [0.15, 0.2) is 61.2 Å². The molecule has 0 amide bonds. The van der Waals surface area contributed by atoms with E-state index in [1.807, 2.05) is 25.1 Å². The first-order valence-electron chi connectivity index (χ1n) is 8.33. The Kier molecular flexibility index (Phi) is 4.47. The number of ether oxygens (including phenoxy) is 1. The van der Waals surface area contributed by atoms with E-state index < -0.39 is 4.92 Å². The zero-order valence-corrected chi connectivity index (χ0v) is 14.7. The Balaban J connectivity index is 1.77. The van der Waals surface area contributed by atoms with Gasteiger partial charge >= 0.3 is 11.6 Å². The Labute approximate surface area is 159 Å². The van der Waals surface area contributed by atoms with Crippen LogP contribution in [-0.4, -0.2) is 24.9 Å². The average molecular weight is 374 g/mol. The molecule has 3 aromatic heterocycles. The van der Waals surface area contributed by atoms with Gasteiger partial charge in [0.2, 0.25) is 5.82 Å². The molecule has 0 aliphatic rings. The van der Waals surface area contributed by atoms with E-state index in [4.69, 9.17) is 4.74 Å². The minimum Gasteiger partial charge on any atom is -0.431 e. The third-order valence-corrected chi connectivity index (χ3v) is 4.02.